The van der Waals surface area contributed by atoms with Crippen LogP contribution in [0.4, 0.5) is 0 Å². The second-order valence-electron chi connectivity index (χ2n) is 6.92. The van der Waals surface area contributed by atoms with Crippen molar-refractivity contribution >= 4 is 28.3 Å². The highest BCUT2D eigenvalue weighted by molar-refractivity contribution is 7.15. The minimum absolute atomic E-state index is 0.244. The molecule has 1 aliphatic heterocycles. The Morgan fingerprint density at radius 3 is 2.78 bits per heavy atom. The highest BCUT2D eigenvalue weighted by atomic mass is 32.1. The third-order valence-corrected chi connectivity index (χ3v) is 5.72. The van der Waals surface area contributed by atoms with Crippen LogP contribution >= 0.6 is 11.3 Å². The molecule has 162 valence electrons. The molecule has 3 heterocycles. The van der Waals surface area contributed by atoms with Gasteiger partial charge in [0.05, 0.1) is 11.6 Å². The van der Waals surface area contributed by atoms with Gasteiger partial charge in [0.25, 0.3) is 5.56 Å². The number of carbonyl (C=O) groups excluding carboxylic acids is 1. The minimum Gasteiger partial charge on any atom is -0.493 e. The van der Waals surface area contributed by atoms with E-state index in [0.29, 0.717) is 38.1 Å². The number of methoxy groups -OCH3 is 1. The van der Waals surface area contributed by atoms with E-state index in [9.17, 15) is 9.59 Å². The largest absolute Gasteiger partial charge is 0.493 e. The third kappa shape index (κ3) is 3.54. The number of fused-ring (bicyclic) bond motifs is 2. The van der Waals surface area contributed by atoms with Crippen molar-refractivity contribution in [2.45, 2.75) is 13.0 Å². The summed E-state index contributed by atoms with van der Waals surface area (Å²) >= 11 is 1.17. The fourth-order valence-electron chi connectivity index (χ4n) is 3.33. The van der Waals surface area contributed by atoms with Crippen LogP contribution in [0.1, 0.15) is 24.4 Å². The van der Waals surface area contributed by atoms with E-state index < -0.39 is 12.1 Å². The molecular weight excluding hydrogens is 434 g/mol. The quantitative estimate of drug-likeness (QED) is 0.344. The minimum atomic E-state index is -0.516. The van der Waals surface area contributed by atoms with E-state index in [4.69, 9.17) is 18.9 Å². The van der Waals surface area contributed by atoms with Gasteiger partial charge in [-0.3, -0.25) is 9.59 Å². The van der Waals surface area contributed by atoms with Crippen molar-refractivity contribution in [3.8, 4) is 23.0 Å². The van der Waals surface area contributed by atoms with E-state index in [0.717, 1.165) is 0 Å². The molecular formula is C22H17N3O6S. The molecule has 0 amide bonds. The first-order valence-corrected chi connectivity index (χ1v) is 10.5. The Kier molecular flexibility index (Phi) is 4.98. The van der Waals surface area contributed by atoms with Crippen molar-refractivity contribution < 1.29 is 23.7 Å². The molecule has 0 unspecified atom stereocenters. The van der Waals surface area contributed by atoms with Crippen LogP contribution in [0.5, 0.6) is 23.0 Å². The van der Waals surface area contributed by atoms with E-state index in [1.807, 2.05) is 18.2 Å². The van der Waals surface area contributed by atoms with Gasteiger partial charge in [-0.15, -0.1) is 5.10 Å². The van der Waals surface area contributed by atoms with Crippen LogP contribution in [-0.4, -0.2) is 34.3 Å². The lowest BCUT2D eigenvalue weighted by molar-refractivity contribution is -0.132. The Morgan fingerprint density at radius 1 is 1.22 bits per heavy atom. The van der Waals surface area contributed by atoms with E-state index in [1.165, 1.54) is 29.9 Å². The number of carbonyl (C=O) groups is 1. The lowest BCUT2D eigenvalue weighted by Crippen LogP contribution is -2.26. The Bertz CT molecular complexity index is 1440. The molecule has 9 nitrogen and oxygen atoms in total. The zero-order chi connectivity index (χ0) is 22.2. The molecule has 0 radical (unpaired) electrons. The average molecular weight is 451 g/mol. The molecule has 2 aromatic heterocycles. The van der Waals surface area contributed by atoms with Gasteiger partial charge in [0.2, 0.25) is 4.96 Å². The molecule has 0 saturated heterocycles. The monoisotopic (exact) mass is 451 g/mol. The summed E-state index contributed by atoms with van der Waals surface area (Å²) in [6.07, 6.45) is 1.11. The van der Waals surface area contributed by atoms with E-state index in [2.05, 4.69) is 10.1 Å². The lowest BCUT2D eigenvalue weighted by Gasteiger charge is -2.24. The van der Waals surface area contributed by atoms with Gasteiger partial charge in [-0.1, -0.05) is 35.6 Å². The van der Waals surface area contributed by atoms with Crippen LogP contribution in [0, 0.1) is 0 Å². The summed E-state index contributed by atoms with van der Waals surface area (Å²) in [5.74, 6) is 1.78. The van der Waals surface area contributed by atoms with Crippen LogP contribution in [0.3, 0.4) is 0 Å². The van der Waals surface area contributed by atoms with Gasteiger partial charge < -0.3 is 18.9 Å². The zero-order valence-electron chi connectivity index (χ0n) is 17.1. The fourth-order valence-corrected chi connectivity index (χ4v) is 4.24. The Morgan fingerprint density at radius 2 is 2.03 bits per heavy atom. The summed E-state index contributed by atoms with van der Waals surface area (Å²) < 4.78 is 23.9. The molecule has 4 aromatic rings. The van der Waals surface area contributed by atoms with Crippen LogP contribution in [0.15, 0.2) is 47.3 Å². The predicted octanol–water partition coefficient (Wildman–Crippen LogP) is 2.15. The maximum absolute atomic E-state index is 12.9. The number of para-hydroxylation sites is 3. The van der Waals surface area contributed by atoms with Crippen LogP contribution in [0.2, 0.25) is 0 Å². The van der Waals surface area contributed by atoms with Crippen molar-refractivity contribution in [2.24, 2.45) is 0 Å². The molecule has 0 spiro atoms. The second kappa shape index (κ2) is 7.97. The molecule has 0 bridgehead atoms. The maximum atomic E-state index is 12.9. The number of benzene rings is 2. The number of ether oxygens (including phenoxy) is 4. The zero-order valence-corrected chi connectivity index (χ0v) is 17.9. The molecule has 32 heavy (non-hydrogen) atoms. The second-order valence-corrected chi connectivity index (χ2v) is 7.93. The number of esters is 1. The van der Waals surface area contributed by atoms with Gasteiger partial charge in [-0.2, -0.15) is 9.50 Å². The number of thiazole rings is 1. The van der Waals surface area contributed by atoms with Crippen molar-refractivity contribution in [2.75, 3.05) is 13.7 Å². The Hall–Kier alpha value is -3.92. The number of hydrogen-bond donors (Lipinski definition) is 0. The lowest BCUT2D eigenvalue weighted by atomic mass is 10.2. The fraction of sp³-hybridized carbons (Fsp3) is 0.182. The predicted molar refractivity (Wildman–Crippen MR) is 116 cm³/mol. The van der Waals surface area contributed by atoms with E-state index in [1.54, 1.807) is 30.3 Å². The molecule has 5 rings (SSSR count). The van der Waals surface area contributed by atoms with E-state index >= 15 is 0 Å². The first-order valence-electron chi connectivity index (χ1n) is 9.68. The van der Waals surface area contributed by atoms with Gasteiger partial charge in [0.15, 0.2) is 34.9 Å². The normalized spacial score (nSPS) is 15.7. The average Bonchev–Trinajstić information content (AvgIpc) is 3.33. The number of hydrogen-bond acceptors (Lipinski definition) is 9. The summed E-state index contributed by atoms with van der Waals surface area (Å²) in [7, 11) is 1.48. The van der Waals surface area contributed by atoms with Gasteiger partial charge in [-0.25, -0.2) is 0 Å². The van der Waals surface area contributed by atoms with Crippen molar-refractivity contribution in [1.82, 2.24) is 14.6 Å². The SMILES string of the molecule is COc1cccc(/C=c2\sc3nc([C@H]4COc5ccccc5O4)nn3c2=O)c1OC(C)=O. The highest BCUT2D eigenvalue weighted by Crippen LogP contribution is 2.35. The van der Waals surface area contributed by atoms with Crippen LogP contribution in [-0.2, 0) is 4.79 Å². The summed E-state index contributed by atoms with van der Waals surface area (Å²) in [5.41, 5.74) is 0.194. The molecule has 0 N–H and O–H groups in total. The maximum Gasteiger partial charge on any atom is 0.308 e. The smallest absolute Gasteiger partial charge is 0.308 e. The van der Waals surface area contributed by atoms with Crippen molar-refractivity contribution in [1.29, 1.82) is 0 Å². The summed E-state index contributed by atoms with van der Waals surface area (Å²) in [6.45, 7) is 1.55. The van der Waals surface area contributed by atoms with Gasteiger partial charge in [0, 0.05) is 12.5 Å². The molecule has 1 aliphatic rings. The van der Waals surface area contributed by atoms with E-state index in [-0.39, 0.29) is 17.9 Å². The summed E-state index contributed by atoms with van der Waals surface area (Å²) in [5, 5.41) is 4.34. The number of nitrogens with zero attached hydrogens (tertiary/aromatic N) is 3. The van der Waals surface area contributed by atoms with Gasteiger partial charge in [-0.05, 0) is 24.3 Å². The standard InChI is InChI=1S/C22H17N3O6S/c1-12(26)30-19-13(6-5-9-16(19)28-2)10-18-21(27)25-22(32-18)23-20(24-25)17-11-29-14-7-3-4-8-15(14)31-17/h3-10,17H,11H2,1-2H3/b18-10-/t17-/m1/s1. The number of rotatable bonds is 4. The van der Waals surface area contributed by atoms with Gasteiger partial charge >= 0.3 is 5.97 Å². The first kappa shape index (κ1) is 20.0. The molecule has 0 fully saturated rings. The van der Waals surface area contributed by atoms with Crippen LogP contribution < -0.4 is 29.0 Å². The molecule has 2 aromatic carbocycles. The van der Waals surface area contributed by atoms with Crippen molar-refractivity contribution in [3.63, 3.8) is 0 Å². The molecule has 1 atom stereocenters. The number of aromatic nitrogens is 3. The Labute approximate surface area is 185 Å². The topological polar surface area (TPSA) is 101 Å². The Balaban J connectivity index is 1.51. The molecule has 0 aliphatic carbocycles. The highest BCUT2D eigenvalue weighted by Gasteiger charge is 2.27. The molecule has 0 saturated carbocycles. The summed E-state index contributed by atoms with van der Waals surface area (Å²) in [4.78, 5) is 29.4. The first-order chi connectivity index (χ1) is 15.5. The van der Waals surface area contributed by atoms with Crippen LogP contribution in [0.25, 0.3) is 11.0 Å². The molecule has 10 heteroatoms. The van der Waals surface area contributed by atoms with Crippen molar-refractivity contribution in [3.05, 3.63) is 68.7 Å². The summed E-state index contributed by atoms with van der Waals surface area (Å²) in [6, 6.07) is 12.5. The van der Waals surface area contributed by atoms with Gasteiger partial charge in [0.1, 0.15) is 6.61 Å². The third-order valence-electron chi connectivity index (χ3n) is 4.76.